The van der Waals surface area contributed by atoms with Crippen molar-refractivity contribution in [2.75, 3.05) is 0 Å². The number of nitrogens with zero attached hydrogens (tertiary/aromatic N) is 2. The first-order valence-corrected chi connectivity index (χ1v) is 5.93. The molecule has 3 rings (SSSR count). The Kier molecular flexibility index (Phi) is 2.87. The van der Waals surface area contributed by atoms with E-state index in [0.717, 1.165) is 16.5 Å². The number of rotatable bonds is 3. The molecule has 4 nitrogen and oxygen atoms in total. The minimum Gasteiger partial charge on any atom is -0.437 e. The predicted octanol–water partition coefficient (Wildman–Crippen LogP) is 3.42. The van der Waals surface area contributed by atoms with Gasteiger partial charge in [0.25, 0.3) is 0 Å². The molecule has 0 saturated heterocycles. The fraction of sp³-hybridized carbons (Fsp3) is 0.0667. The summed E-state index contributed by atoms with van der Waals surface area (Å²) in [5.41, 5.74) is 1.92. The zero-order valence-corrected chi connectivity index (χ0v) is 10.1. The topological polar surface area (TPSA) is 61.7 Å². The van der Waals surface area contributed by atoms with Gasteiger partial charge in [-0.05, 0) is 29.8 Å². The molecule has 4 heteroatoms. The van der Waals surface area contributed by atoms with Crippen LogP contribution in [-0.4, -0.2) is 10.2 Å². The Bertz CT molecular complexity index is 738. The van der Waals surface area contributed by atoms with Gasteiger partial charge in [0.1, 0.15) is 5.75 Å². The van der Waals surface area contributed by atoms with Crippen molar-refractivity contribution in [3.8, 4) is 17.7 Å². The molecule has 0 aliphatic rings. The fourth-order valence-corrected chi connectivity index (χ4v) is 1.89. The van der Waals surface area contributed by atoms with Crippen LogP contribution in [-0.2, 0) is 6.42 Å². The third-order valence-electron chi connectivity index (χ3n) is 2.86. The summed E-state index contributed by atoms with van der Waals surface area (Å²) in [7, 11) is 0. The largest absolute Gasteiger partial charge is 0.437 e. The molecule has 0 amide bonds. The van der Waals surface area contributed by atoms with Crippen LogP contribution in [0.15, 0.2) is 48.5 Å². The number of benzene rings is 2. The van der Waals surface area contributed by atoms with Crippen LogP contribution in [0.4, 0.5) is 0 Å². The van der Waals surface area contributed by atoms with Gasteiger partial charge in [-0.15, -0.1) is 5.10 Å². The fourth-order valence-electron chi connectivity index (χ4n) is 1.89. The second kappa shape index (κ2) is 4.83. The maximum Gasteiger partial charge on any atom is 0.245 e. The van der Waals surface area contributed by atoms with E-state index < -0.39 is 0 Å². The molecule has 92 valence electrons. The molecule has 1 aromatic heterocycles. The minimum atomic E-state index is 0.408. The van der Waals surface area contributed by atoms with Crippen LogP contribution in [0.3, 0.4) is 0 Å². The third-order valence-corrected chi connectivity index (χ3v) is 2.86. The maximum atomic E-state index is 8.62. The first-order valence-electron chi connectivity index (χ1n) is 5.93. The Morgan fingerprint density at radius 3 is 2.68 bits per heavy atom. The number of nitriles is 1. The summed E-state index contributed by atoms with van der Waals surface area (Å²) < 4.78 is 5.74. The molecule has 0 atom stereocenters. The molecule has 2 aromatic carbocycles. The molecule has 19 heavy (non-hydrogen) atoms. The van der Waals surface area contributed by atoms with Crippen LogP contribution < -0.4 is 4.74 Å². The van der Waals surface area contributed by atoms with Gasteiger partial charge in [0.05, 0.1) is 23.4 Å². The Balaban J connectivity index is 1.87. The zero-order valence-electron chi connectivity index (χ0n) is 10.1. The summed E-state index contributed by atoms with van der Waals surface area (Å²) in [6.45, 7) is 0. The normalized spacial score (nSPS) is 10.3. The Hall–Kier alpha value is -2.80. The molecule has 0 aliphatic heterocycles. The molecular formula is C15H11N3O. The summed E-state index contributed by atoms with van der Waals surface area (Å²) in [4.78, 5) is 0. The molecule has 0 fully saturated rings. The minimum absolute atomic E-state index is 0.408. The average molecular weight is 249 g/mol. The highest BCUT2D eigenvalue weighted by Gasteiger charge is 2.06. The monoisotopic (exact) mass is 249 g/mol. The number of aromatic nitrogens is 2. The van der Waals surface area contributed by atoms with Crippen molar-refractivity contribution in [1.29, 1.82) is 5.26 Å². The lowest BCUT2D eigenvalue weighted by Gasteiger charge is -2.03. The molecule has 0 saturated carbocycles. The lowest BCUT2D eigenvalue weighted by Crippen LogP contribution is -1.86. The van der Waals surface area contributed by atoms with Gasteiger partial charge in [-0.3, -0.25) is 5.10 Å². The van der Waals surface area contributed by atoms with E-state index >= 15 is 0 Å². The molecule has 0 aliphatic carbocycles. The Morgan fingerprint density at radius 2 is 1.89 bits per heavy atom. The highest BCUT2D eigenvalue weighted by Crippen LogP contribution is 2.27. The summed E-state index contributed by atoms with van der Waals surface area (Å²) >= 11 is 0. The van der Waals surface area contributed by atoms with Crippen LogP contribution >= 0.6 is 0 Å². The van der Waals surface area contributed by atoms with Gasteiger partial charge in [0.15, 0.2) is 0 Å². The van der Waals surface area contributed by atoms with Crippen LogP contribution in [0.25, 0.3) is 10.9 Å². The van der Waals surface area contributed by atoms with Gasteiger partial charge in [-0.2, -0.15) is 5.26 Å². The van der Waals surface area contributed by atoms with Gasteiger partial charge in [-0.25, -0.2) is 0 Å². The summed E-state index contributed by atoms with van der Waals surface area (Å²) in [5.74, 6) is 1.27. The number of H-pyrrole nitrogens is 1. The molecule has 0 spiro atoms. The second-order valence-corrected chi connectivity index (χ2v) is 4.16. The van der Waals surface area contributed by atoms with E-state index in [1.54, 1.807) is 0 Å². The Labute approximate surface area is 110 Å². The van der Waals surface area contributed by atoms with Gasteiger partial charge >= 0.3 is 0 Å². The van der Waals surface area contributed by atoms with Crippen LogP contribution in [0.1, 0.15) is 5.56 Å². The third kappa shape index (κ3) is 2.26. The van der Waals surface area contributed by atoms with E-state index in [0.29, 0.717) is 18.1 Å². The lowest BCUT2D eigenvalue weighted by molar-refractivity contribution is 0.466. The number of para-hydroxylation sites is 1. The highest BCUT2D eigenvalue weighted by molar-refractivity contribution is 5.83. The standard InChI is InChI=1S/C15H11N3O/c16-10-9-11-5-7-12(8-6-11)19-15-13-3-1-2-4-14(13)17-18-15/h1-8H,9H2,(H,17,18). The zero-order chi connectivity index (χ0) is 13.1. The molecule has 1 heterocycles. The molecule has 0 bridgehead atoms. The van der Waals surface area contributed by atoms with Crippen LogP contribution in [0.2, 0.25) is 0 Å². The van der Waals surface area contributed by atoms with Crippen molar-refractivity contribution in [3.05, 3.63) is 54.1 Å². The lowest BCUT2D eigenvalue weighted by atomic mass is 10.2. The number of aromatic amines is 1. The van der Waals surface area contributed by atoms with E-state index in [1.807, 2.05) is 48.5 Å². The maximum absolute atomic E-state index is 8.62. The molecular weight excluding hydrogens is 238 g/mol. The van der Waals surface area contributed by atoms with Crippen molar-refractivity contribution in [1.82, 2.24) is 10.2 Å². The van der Waals surface area contributed by atoms with Crippen molar-refractivity contribution < 1.29 is 4.74 Å². The summed E-state index contributed by atoms with van der Waals surface area (Å²) in [6.07, 6.45) is 0.408. The van der Waals surface area contributed by atoms with Crippen molar-refractivity contribution >= 4 is 10.9 Å². The average Bonchev–Trinajstić information content (AvgIpc) is 2.85. The van der Waals surface area contributed by atoms with E-state index in [4.69, 9.17) is 10.00 Å². The molecule has 3 aromatic rings. The first kappa shape index (κ1) is 11.3. The van der Waals surface area contributed by atoms with E-state index in [2.05, 4.69) is 16.3 Å². The number of nitrogens with one attached hydrogen (secondary N) is 1. The molecule has 0 unspecified atom stereocenters. The van der Waals surface area contributed by atoms with Crippen molar-refractivity contribution in [2.45, 2.75) is 6.42 Å². The van der Waals surface area contributed by atoms with Crippen molar-refractivity contribution in [2.24, 2.45) is 0 Å². The second-order valence-electron chi connectivity index (χ2n) is 4.16. The van der Waals surface area contributed by atoms with Gasteiger partial charge in [0.2, 0.25) is 5.88 Å². The van der Waals surface area contributed by atoms with Gasteiger partial charge in [-0.1, -0.05) is 24.3 Å². The number of hydrogen-bond acceptors (Lipinski definition) is 3. The first-order chi connectivity index (χ1) is 9.36. The van der Waals surface area contributed by atoms with Gasteiger partial charge in [0, 0.05) is 0 Å². The summed E-state index contributed by atoms with van der Waals surface area (Å²) in [5, 5.41) is 16.6. The van der Waals surface area contributed by atoms with E-state index in [1.165, 1.54) is 0 Å². The predicted molar refractivity (Wildman–Crippen MR) is 71.9 cm³/mol. The van der Waals surface area contributed by atoms with Crippen LogP contribution in [0.5, 0.6) is 11.6 Å². The van der Waals surface area contributed by atoms with Crippen LogP contribution in [0, 0.1) is 11.3 Å². The quantitative estimate of drug-likeness (QED) is 0.773. The number of hydrogen-bond donors (Lipinski definition) is 1. The summed E-state index contributed by atoms with van der Waals surface area (Å²) in [6, 6.07) is 17.4. The number of fused-ring (bicyclic) bond motifs is 1. The Morgan fingerprint density at radius 1 is 1.11 bits per heavy atom. The highest BCUT2D eigenvalue weighted by atomic mass is 16.5. The SMILES string of the molecule is N#CCc1ccc(Oc2n[nH]c3ccccc23)cc1. The molecule has 0 radical (unpaired) electrons. The van der Waals surface area contributed by atoms with E-state index in [9.17, 15) is 0 Å². The number of ether oxygens (including phenoxy) is 1. The molecule has 1 N–H and O–H groups in total. The van der Waals surface area contributed by atoms with Gasteiger partial charge < -0.3 is 4.74 Å². The van der Waals surface area contributed by atoms with Crippen molar-refractivity contribution in [3.63, 3.8) is 0 Å². The van der Waals surface area contributed by atoms with E-state index in [-0.39, 0.29) is 0 Å². The smallest absolute Gasteiger partial charge is 0.245 e.